The molecule has 4 nitrogen and oxygen atoms in total. The smallest absolute Gasteiger partial charge is 0.307 e. The number of hydrogen-bond acceptors (Lipinski definition) is 4. The third-order valence-electron chi connectivity index (χ3n) is 2.53. The summed E-state index contributed by atoms with van der Waals surface area (Å²) in [5, 5.41) is 2.89. The van der Waals surface area contributed by atoms with Gasteiger partial charge >= 0.3 is 5.97 Å². The maximum atomic E-state index is 11.7. The van der Waals surface area contributed by atoms with Crippen molar-refractivity contribution in [3.05, 3.63) is 0 Å². The van der Waals surface area contributed by atoms with E-state index in [0.717, 1.165) is 25.8 Å². The molecule has 1 aliphatic heterocycles. The molecule has 1 atom stereocenters. The van der Waals surface area contributed by atoms with Gasteiger partial charge in [0.2, 0.25) is 5.91 Å². The molecule has 0 bridgehead atoms. The van der Waals surface area contributed by atoms with Crippen LogP contribution in [0, 0.1) is 0 Å². The van der Waals surface area contributed by atoms with Crippen molar-refractivity contribution in [1.82, 2.24) is 5.32 Å². The highest BCUT2D eigenvalue weighted by atomic mass is 32.2. The monoisotopic (exact) mass is 273 g/mol. The van der Waals surface area contributed by atoms with Gasteiger partial charge in [-0.15, -0.1) is 11.8 Å². The molecule has 0 aromatic heterocycles. The first-order valence-corrected chi connectivity index (χ1v) is 7.54. The van der Waals surface area contributed by atoms with Crippen molar-refractivity contribution < 1.29 is 14.3 Å². The van der Waals surface area contributed by atoms with E-state index in [1.807, 2.05) is 20.8 Å². The van der Waals surface area contributed by atoms with Gasteiger partial charge in [0.05, 0.1) is 11.7 Å². The summed E-state index contributed by atoms with van der Waals surface area (Å²) in [6, 6.07) is 0. The number of thioether (sulfide) groups is 1. The number of rotatable bonds is 4. The lowest BCUT2D eigenvalue weighted by Crippen LogP contribution is -2.31. The lowest BCUT2D eigenvalue weighted by atomic mass is 10.2. The molecule has 1 saturated heterocycles. The molecule has 5 heteroatoms. The summed E-state index contributed by atoms with van der Waals surface area (Å²) in [4.78, 5) is 23.2. The zero-order valence-corrected chi connectivity index (χ0v) is 12.3. The molecule has 1 fully saturated rings. The predicted octanol–water partition coefficient (Wildman–Crippen LogP) is 2.12. The minimum atomic E-state index is -0.429. The third kappa shape index (κ3) is 6.28. The molecule has 0 spiro atoms. The Kier molecular flexibility index (Phi) is 5.99. The van der Waals surface area contributed by atoms with Gasteiger partial charge in [0.1, 0.15) is 5.60 Å². The Morgan fingerprint density at radius 2 is 2.17 bits per heavy atom. The van der Waals surface area contributed by atoms with Crippen molar-refractivity contribution in [2.45, 2.75) is 57.3 Å². The molecule has 0 aliphatic carbocycles. The number of carbonyl (C=O) groups is 2. The summed E-state index contributed by atoms with van der Waals surface area (Å²) < 4.78 is 5.23. The molecule has 1 aliphatic rings. The molecule has 0 aromatic carbocycles. The van der Waals surface area contributed by atoms with Crippen LogP contribution in [0.15, 0.2) is 0 Å². The first kappa shape index (κ1) is 15.3. The molecule has 0 radical (unpaired) electrons. The predicted molar refractivity (Wildman–Crippen MR) is 73.6 cm³/mol. The number of nitrogens with one attached hydrogen (secondary N) is 1. The lowest BCUT2D eigenvalue weighted by Gasteiger charge is -2.19. The Morgan fingerprint density at radius 3 is 2.83 bits per heavy atom. The van der Waals surface area contributed by atoms with E-state index in [1.54, 1.807) is 11.8 Å². The minimum Gasteiger partial charge on any atom is -0.460 e. The second-order valence-electron chi connectivity index (χ2n) is 5.48. The van der Waals surface area contributed by atoms with Gasteiger partial charge < -0.3 is 10.1 Å². The summed E-state index contributed by atoms with van der Waals surface area (Å²) in [5.74, 6) is 0.568. The van der Waals surface area contributed by atoms with Gasteiger partial charge in [-0.3, -0.25) is 9.59 Å². The van der Waals surface area contributed by atoms with Gasteiger partial charge in [-0.2, -0.15) is 0 Å². The number of amides is 1. The fourth-order valence-corrected chi connectivity index (χ4v) is 2.88. The largest absolute Gasteiger partial charge is 0.460 e. The summed E-state index contributed by atoms with van der Waals surface area (Å²) in [5.41, 5.74) is -0.429. The van der Waals surface area contributed by atoms with Crippen molar-refractivity contribution in [3.8, 4) is 0 Å². The van der Waals surface area contributed by atoms with Crippen LogP contribution in [-0.2, 0) is 14.3 Å². The summed E-state index contributed by atoms with van der Waals surface area (Å²) in [7, 11) is 0. The molecule has 0 saturated carbocycles. The average Bonchev–Trinajstić information content (AvgIpc) is 2.41. The van der Waals surface area contributed by atoms with E-state index >= 15 is 0 Å². The highest BCUT2D eigenvalue weighted by Gasteiger charge is 2.22. The van der Waals surface area contributed by atoms with Crippen LogP contribution in [-0.4, -0.2) is 35.0 Å². The Bertz CT molecular complexity index is 299. The average molecular weight is 273 g/mol. The standard InChI is InChI=1S/C13H23NO3S/c1-13(2,3)17-11(15)7-9-18-10-6-4-5-8-14-12(10)16/h10H,4-9H2,1-3H3,(H,14,16)/t10-/m1/s1. The second kappa shape index (κ2) is 7.02. The molecule has 1 heterocycles. The van der Waals surface area contributed by atoms with E-state index < -0.39 is 5.60 Å². The molecule has 0 aromatic rings. The van der Waals surface area contributed by atoms with E-state index in [-0.39, 0.29) is 17.1 Å². The van der Waals surface area contributed by atoms with E-state index in [0.29, 0.717) is 12.2 Å². The van der Waals surface area contributed by atoms with Crippen molar-refractivity contribution in [3.63, 3.8) is 0 Å². The molecule has 1 amide bonds. The van der Waals surface area contributed by atoms with Crippen LogP contribution in [0.3, 0.4) is 0 Å². The van der Waals surface area contributed by atoms with Crippen molar-refractivity contribution in [2.24, 2.45) is 0 Å². The normalized spacial score (nSPS) is 21.1. The molecule has 104 valence electrons. The maximum absolute atomic E-state index is 11.7. The Hall–Kier alpha value is -0.710. The SMILES string of the molecule is CC(C)(C)OC(=O)CCS[C@@H]1CCCCNC1=O. The van der Waals surface area contributed by atoms with E-state index in [4.69, 9.17) is 4.74 Å². The van der Waals surface area contributed by atoms with Crippen molar-refractivity contribution >= 4 is 23.6 Å². The first-order chi connectivity index (χ1) is 8.38. The molecule has 0 unspecified atom stereocenters. The van der Waals surface area contributed by atoms with Gasteiger partial charge in [0.25, 0.3) is 0 Å². The van der Waals surface area contributed by atoms with Gasteiger partial charge in [-0.05, 0) is 33.6 Å². The zero-order valence-electron chi connectivity index (χ0n) is 11.5. The summed E-state index contributed by atoms with van der Waals surface area (Å²) in [6.45, 7) is 6.35. The van der Waals surface area contributed by atoms with E-state index in [2.05, 4.69) is 5.32 Å². The third-order valence-corrected chi connectivity index (χ3v) is 3.82. The zero-order chi connectivity index (χ0) is 13.6. The Morgan fingerprint density at radius 1 is 1.44 bits per heavy atom. The molecule has 1 N–H and O–H groups in total. The second-order valence-corrected chi connectivity index (χ2v) is 6.79. The van der Waals surface area contributed by atoms with E-state index in [1.165, 1.54) is 0 Å². The molecular formula is C13H23NO3S. The topological polar surface area (TPSA) is 55.4 Å². The van der Waals surface area contributed by atoms with Crippen LogP contribution >= 0.6 is 11.8 Å². The van der Waals surface area contributed by atoms with Crippen LogP contribution in [0.5, 0.6) is 0 Å². The quantitative estimate of drug-likeness (QED) is 0.797. The van der Waals surface area contributed by atoms with Gasteiger partial charge in [0, 0.05) is 12.3 Å². The summed E-state index contributed by atoms with van der Waals surface area (Å²) >= 11 is 1.56. The molecule has 1 rings (SSSR count). The fourth-order valence-electron chi connectivity index (χ4n) is 1.75. The highest BCUT2D eigenvalue weighted by Crippen LogP contribution is 2.21. The molecule has 18 heavy (non-hydrogen) atoms. The fraction of sp³-hybridized carbons (Fsp3) is 0.846. The van der Waals surface area contributed by atoms with Gasteiger partial charge in [-0.1, -0.05) is 6.42 Å². The van der Waals surface area contributed by atoms with Crippen LogP contribution in [0.25, 0.3) is 0 Å². The number of esters is 1. The Labute approximate surface area is 113 Å². The summed E-state index contributed by atoms with van der Waals surface area (Å²) in [6.07, 6.45) is 3.40. The Balaban J connectivity index is 2.24. The highest BCUT2D eigenvalue weighted by molar-refractivity contribution is 8.00. The first-order valence-electron chi connectivity index (χ1n) is 6.49. The maximum Gasteiger partial charge on any atom is 0.307 e. The number of hydrogen-bond donors (Lipinski definition) is 1. The van der Waals surface area contributed by atoms with Crippen molar-refractivity contribution in [2.75, 3.05) is 12.3 Å². The number of ether oxygens (including phenoxy) is 1. The van der Waals surface area contributed by atoms with Crippen LogP contribution in [0.1, 0.15) is 46.5 Å². The van der Waals surface area contributed by atoms with Gasteiger partial charge in [-0.25, -0.2) is 0 Å². The van der Waals surface area contributed by atoms with Gasteiger partial charge in [0.15, 0.2) is 0 Å². The van der Waals surface area contributed by atoms with Crippen LogP contribution in [0.2, 0.25) is 0 Å². The van der Waals surface area contributed by atoms with Crippen molar-refractivity contribution in [1.29, 1.82) is 0 Å². The van der Waals surface area contributed by atoms with Crippen LogP contribution < -0.4 is 5.32 Å². The van der Waals surface area contributed by atoms with Crippen LogP contribution in [0.4, 0.5) is 0 Å². The lowest BCUT2D eigenvalue weighted by molar-refractivity contribution is -0.154. The molecular weight excluding hydrogens is 250 g/mol. The van der Waals surface area contributed by atoms with E-state index in [9.17, 15) is 9.59 Å². The minimum absolute atomic E-state index is 0.00469. The number of carbonyl (C=O) groups excluding carboxylic acids is 2.